The highest BCUT2D eigenvalue weighted by Gasteiger charge is 2.32. The maximum absolute atomic E-state index is 12.8. The minimum absolute atomic E-state index is 0.123. The molecule has 3 rings (SSSR count). The first kappa shape index (κ1) is 17.8. The van der Waals surface area contributed by atoms with E-state index in [0.717, 1.165) is 4.90 Å². The van der Waals surface area contributed by atoms with Gasteiger partial charge in [0.2, 0.25) is 5.78 Å². The summed E-state index contributed by atoms with van der Waals surface area (Å²) >= 11 is 0. The van der Waals surface area contributed by atoms with Crippen LogP contribution in [0.25, 0.3) is 6.08 Å². The molecule has 2 aromatic carbocycles. The molecule has 0 aliphatic carbocycles. The Morgan fingerprint density at radius 1 is 1.15 bits per heavy atom. The van der Waals surface area contributed by atoms with E-state index in [1.807, 2.05) is 14.1 Å². The van der Waals surface area contributed by atoms with Crippen LogP contribution in [-0.2, 0) is 6.54 Å². The number of phenolic OH excluding ortho intramolecular Hbond substituents is 1. The summed E-state index contributed by atoms with van der Waals surface area (Å²) in [4.78, 5) is 13.9. The highest BCUT2D eigenvalue weighted by molar-refractivity contribution is 6.15. The summed E-state index contributed by atoms with van der Waals surface area (Å²) < 4.78 is 16.4. The zero-order chi connectivity index (χ0) is 18.8. The predicted molar refractivity (Wildman–Crippen MR) is 97.1 cm³/mol. The molecule has 26 heavy (non-hydrogen) atoms. The van der Waals surface area contributed by atoms with Gasteiger partial charge in [0.1, 0.15) is 23.8 Å². The second-order valence-corrected chi connectivity index (χ2v) is 6.37. The Hall–Kier alpha value is -2.99. The molecule has 136 valence electrons. The number of nitrogens with one attached hydrogen (secondary N) is 1. The molecule has 6 nitrogen and oxygen atoms in total. The van der Waals surface area contributed by atoms with Crippen LogP contribution < -0.4 is 19.1 Å². The molecule has 0 radical (unpaired) electrons. The maximum atomic E-state index is 12.8. The lowest BCUT2D eigenvalue weighted by Gasteiger charge is -2.12. The van der Waals surface area contributed by atoms with Crippen molar-refractivity contribution in [1.29, 1.82) is 0 Å². The van der Waals surface area contributed by atoms with E-state index in [0.29, 0.717) is 40.5 Å². The number of Topliss-reactive ketones (excluding diaryl/α,β-unsaturated/α-hetero) is 1. The topological polar surface area (TPSA) is 69.4 Å². The number of carbonyl (C=O) groups excluding carboxylic acids is 1. The Morgan fingerprint density at radius 3 is 2.58 bits per heavy atom. The van der Waals surface area contributed by atoms with Crippen LogP contribution in [0.2, 0.25) is 0 Å². The van der Waals surface area contributed by atoms with Crippen molar-refractivity contribution in [3.8, 4) is 23.0 Å². The van der Waals surface area contributed by atoms with E-state index >= 15 is 0 Å². The number of carbonyl (C=O) groups is 1. The lowest BCUT2D eigenvalue weighted by molar-refractivity contribution is -0.872. The third-order valence-corrected chi connectivity index (χ3v) is 4.17. The van der Waals surface area contributed by atoms with Gasteiger partial charge in [-0.25, -0.2) is 0 Å². The maximum Gasteiger partial charge on any atom is 0.231 e. The molecule has 0 spiro atoms. The van der Waals surface area contributed by atoms with E-state index < -0.39 is 0 Å². The molecule has 0 unspecified atom stereocenters. The quantitative estimate of drug-likeness (QED) is 0.798. The Kier molecular flexibility index (Phi) is 4.86. The first-order chi connectivity index (χ1) is 12.4. The van der Waals surface area contributed by atoms with Crippen LogP contribution in [-0.4, -0.2) is 39.2 Å². The van der Waals surface area contributed by atoms with Gasteiger partial charge < -0.3 is 24.2 Å². The van der Waals surface area contributed by atoms with E-state index in [4.69, 9.17) is 14.2 Å². The lowest BCUT2D eigenvalue weighted by Crippen LogP contribution is -3.04. The molecule has 0 saturated carbocycles. The number of allylic oxidation sites excluding steroid dienone is 1. The van der Waals surface area contributed by atoms with Crippen LogP contribution >= 0.6 is 0 Å². The van der Waals surface area contributed by atoms with Crippen molar-refractivity contribution in [3.05, 3.63) is 52.8 Å². The predicted octanol–water partition coefficient (Wildman–Crippen LogP) is 1.67. The van der Waals surface area contributed by atoms with Gasteiger partial charge in [0.05, 0.1) is 39.4 Å². The van der Waals surface area contributed by atoms with Crippen molar-refractivity contribution in [2.24, 2.45) is 0 Å². The highest BCUT2D eigenvalue weighted by atomic mass is 16.5. The Labute approximate surface area is 152 Å². The fourth-order valence-electron chi connectivity index (χ4n) is 2.91. The van der Waals surface area contributed by atoms with Crippen LogP contribution in [0.1, 0.15) is 21.5 Å². The first-order valence-corrected chi connectivity index (χ1v) is 8.24. The summed E-state index contributed by atoms with van der Waals surface area (Å²) in [6.07, 6.45) is 1.63. The summed E-state index contributed by atoms with van der Waals surface area (Å²) in [5.41, 5.74) is 1.75. The van der Waals surface area contributed by atoms with Crippen molar-refractivity contribution in [1.82, 2.24) is 0 Å². The minimum Gasteiger partial charge on any atom is -0.507 e. The standard InChI is InChI=1S/C20H21NO5/c1-21(2)11-15-16(22)7-6-14-19(23)18(26-20(14)15)10-12-9-13(24-3)5-8-17(12)25-4/h5-10,22H,11H2,1-4H3/p+1/b18-10-. The van der Waals surface area contributed by atoms with E-state index in [1.54, 1.807) is 44.6 Å². The number of methoxy groups -OCH3 is 2. The van der Waals surface area contributed by atoms with E-state index in [1.165, 1.54) is 6.07 Å². The molecule has 6 heteroatoms. The second kappa shape index (κ2) is 7.09. The number of quaternary nitrogens is 1. The van der Waals surface area contributed by atoms with E-state index in [-0.39, 0.29) is 17.3 Å². The average molecular weight is 356 g/mol. The van der Waals surface area contributed by atoms with Gasteiger partial charge in [-0.2, -0.15) is 0 Å². The molecule has 0 saturated heterocycles. The van der Waals surface area contributed by atoms with Crippen molar-refractivity contribution in [2.75, 3.05) is 28.3 Å². The van der Waals surface area contributed by atoms with Crippen LogP contribution in [0.4, 0.5) is 0 Å². The molecule has 1 aliphatic heterocycles. The van der Waals surface area contributed by atoms with Crippen molar-refractivity contribution in [2.45, 2.75) is 6.54 Å². The molecule has 2 aromatic rings. The zero-order valence-electron chi connectivity index (χ0n) is 15.3. The SMILES string of the molecule is COc1ccc(OC)c(/C=C2\Oc3c(ccc(O)c3C[NH+](C)C)C2=O)c1. The molecule has 0 fully saturated rings. The summed E-state index contributed by atoms with van der Waals surface area (Å²) in [6, 6.07) is 8.44. The second-order valence-electron chi connectivity index (χ2n) is 6.37. The largest absolute Gasteiger partial charge is 0.507 e. The summed E-state index contributed by atoms with van der Waals surface area (Å²) in [5.74, 6) is 1.76. The Morgan fingerprint density at radius 2 is 1.92 bits per heavy atom. The molecular formula is C20H22NO5+. The number of ketones is 1. The third-order valence-electron chi connectivity index (χ3n) is 4.17. The molecular weight excluding hydrogens is 334 g/mol. The average Bonchev–Trinajstić information content (AvgIpc) is 2.93. The normalized spacial score (nSPS) is 14.5. The number of phenols is 1. The van der Waals surface area contributed by atoms with Gasteiger partial charge in [0.15, 0.2) is 11.5 Å². The molecule has 2 N–H and O–H groups in total. The van der Waals surface area contributed by atoms with Crippen LogP contribution in [0, 0.1) is 0 Å². The van der Waals surface area contributed by atoms with E-state index in [2.05, 4.69) is 0 Å². The number of aromatic hydroxyl groups is 1. The lowest BCUT2D eigenvalue weighted by atomic mass is 10.0. The van der Waals surface area contributed by atoms with Gasteiger partial charge in [-0.3, -0.25) is 4.79 Å². The number of rotatable bonds is 5. The smallest absolute Gasteiger partial charge is 0.231 e. The van der Waals surface area contributed by atoms with Gasteiger partial charge >= 0.3 is 0 Å². The third kappa shape index (κ3) is 3.23. The number of benzene rings is 2. The number of ether oxygens (including phenoxy) is 3. The number of hydrogen-bond acceptors (Lipinski definition) is 5. The van der Waals surface area contributed by atoms with E-state index in [9.17, 15) is 9.90 Å². The number of fused-ring (bicyclic) bond motifs is 1. The Bertz CT molecular complexity index is 886. The van der Waals surface area contributed by atoms with Crippen molar-refractivity contribution >= 4 is 11.9 Å². The van der Waals surface area contributed by atoms with Gasteiger partial charge in [-0.15, -0.1) is 0 Å². The van der Waals surface area contributed by atoms with Crippen molar-refractivity contribution < 1.29 is 29.0 Å². The summed E-state index contributed by atoms with van der Waals surface area (Å²) in [6.45, 7) is 0.540. The fourth-order valence-corrected chi connectivity index (χ4v) is 2.91. The van der Waals surface area contributed by atoms with Gasteiger partial charge in [-0.1, -0.05) is 0 Å². The van der Waals surface area contributed by atoms with Gasteiger partial charge in [0.25, 0.3) is 0 Å². The Balaban J connectivity index is 2.04. The monoisotopic (exact) mass is 356 g/mol. The van der Waals surface area contributed by atoms with Crippen molar-refractivity contribution in [3.63, 3.8) is 0 Å². The van der Waals surface area contributed by atoms with Crippen LogP contribution in [0.15, 0.2) is 36.1 Å². The van der Waals surface area contributed by atoms with Crippen LogP contribution in [0.5, 0.6) is 23.0 Å². The molecule has 0 bridgehead atoms. The fraction of sp³-hybridized carbons (Fsp3) is 0.250. The highest BCUT2D eigenvalue weighted by Crippen LogP contribution is 2.39. The summed E-state index contributed by atoms with van der Waals surface area (Å²) in [5, 5.41) is 10.2. The summed E-state index contributed by atoms with van der Waals surface area (Å²) in [7, 11) is 7.07. The molecule has 0 aromatic heterocycles. The number of hydrogen-bond donors (Lipinski definition) is 2. The molecule has 0 amide bonds. The van der Waals surface area contributed by atoms with Gasteiger partial charge in [-0.05, 0) is 36.4 Å². The molecule has 1 aliphatic rings. The van der Waals surface area contributed by atoms with Crippen LogP contribution in [0.3, 0.4) is 0 Å². The zero-order valence-corrected chi connectivity index (χ0v) is 15.3. The first-order valence-electron chi connectivity index (χ1n) is 8.24. The molecule has 0 atom stereocenters. The minimum atomic E-state index is -0.222. The molecule has 1 heterocycles. The van der Waals surface area contributed by atoms with Gasteiger partial charge in [0, 0.05) is 5.56 Å².